The Bertz CT molecular complexity index is 581. The van der Waals surface area contributed by atoms with E-state index in [0.29, 0.717) is 0 Å². The number of carbonyl (C=O) groups is 1. The molecular formula is C15H14BiClO2. The van der Waals surface area contributed by atoms with Gasteiger partial charge in [-0.05, 0) is 0 Å². The summed E-state index contributed by atoms with van der Waals surface area (Å²) < 4.78 is 7.33. The Morgan fingerprint density at radius 1 is 1.11 bits per heavy atom. The molecule has 0 radical (unpaired) electrons. The Balaban J connectivity index is 2.37. The molecule has 2 nitrogen and oxygen atoms in total. The van der Waals surface area contributed by atoms with Gasteiger partial charge in [-0.3, -0.25) is 0 Å². The zero-order chi connectivity index (χ0) is 13.8. The molecule has 2 aromatic carbocycles. The Hall–Kier alpha value is -0.917. The number of benzene rings is 2. The van der Waals surface area contributed by atoms with Crippen LogP contribution in [0.2, 0.25) is 0 Å². The Morgan fingerprint density at radius 2 is 1.74 bits per heavy atom. The van der Waals surface area contributed by atoms with Gasteiger partial charge in [0.2, 0.25) is 0 Å². The Kier molecular flexibility index (Phi) is 4.95. The normalized spacial score (nSPS) is 10.5. The molecule has 0 unspecified atom stereocenters. The number of methoxy groups -OCH3 is 1. The summed E-state index contributed by atoms with van der Waals surface area (Å²) in [5, 5.41) is 0. The number of halogens is 1. The van der Waals surface area contributed by atoms with E-state index in [0.717, 1.165) is 17.9 Å². The number of hydrogen-bond donors (Lipinski definition) is 0. The van der Waals surface area contributed by atoms with Gasteiger partial charge in [0.05, 0.1) is 0 Å². The minimum absolute atomic E-state index is 0.0739. The van der Waals surface area contributed by atoms with Crippen LogP contribution in [0.5, 0.6) is 5.75 Å². The first-order chi connectivity index (χ1) is 9.13. The second-order valence-corrected chi connectivity index (χ2v) is 13.1. The molecule has 0 saturated carbocycles. The number of Topliss-reactive ketones (excluding diaryl/α,β-unsaturated/α-hetero) is 1. The van der Waals surface area contributed by atoms with E-state index >= 15 is 0 Å². The molecule has 0 aliphatic rings. The van der Waals surface area contributed by atoms with Crippen molar-refractivity contribution in [1.29, 1.82) is 0 Å². The van der Waals surface area contributed by atoms with Crippen LogP contribution in [0, 0.1) is 0 Å². The molecule has 0 fully saturated rings. The summed E-state index contributed by atoms with van der Waals surface area (Å²) in [4.78, 5) is 11.7. The molecule has 19 heavy (non-hydrogen) atoms. The zero-order valence-corrected chi connectivity index (χ0v) is 15.0. The van der Waals surface area contributed by atoms with Gasteiger partial charge in [0, 0.05) is 0 Å². The van der Waals surface area contributed by atoms with Crippen LogP contribution in [0.15, 0.2) is 48.5 Å². The Morgan fingerprint density at radius 3 is 2.32 bits per heavy atom. The molecule has 0 aliphatic carbocycles. The van der Waals surface area contributed by atoms with Crippen molar-refractivity contribution in [3.63, 3.8) is 0 Å². The fraction of sp³-hybridized carbons (Fsp3) is 0.133. The van der Waals surface area contributed by atoms with Crippen molar-refractivity contribution in [2.45, 2.75) is 6.92 Å². The summed E-state index contributed by atoms with van der Waals surface area (Å²) in [7, 11) is 8.33. The van der Waals surface area contributed by atoms with E-state index in [2.05, 4.69) is 0 Å². The van der Waals surface area contributed by atoms with Crippen molar-refractivity contribution in [3.8, 4) is 5.75 Å². The van der Waals surface area contributed by atoms with E-state index in [4.69, 9.17) is 13.2 Å². The van der Waals surface area contributed by atoms with Crippen LogP contribution in [0.1, 0.15) is 17.3 Å². The van der Waals surface area contributed by atoms with Gasteiger partial charge < -0.3 is 0 Å². The second kappa shape index (κ2) is 6.50. The number of ketones is 1. The van der Waals surface area contributed by atoms with Crippen LogP contribution in [0.25, 0.3) is 0 Å². The molecule has 2 rings (SSSR count). The third kappa shape index (κ3) is 3.35. The molecule has 0 heterocycles. The third-order valence-electron chi connectivity index (χ3n) is 2.79. The first-order valence-electron chi connectivity index (χ1n) is 5.83. The summed E-state index contributed by atoms with van der Waals surface area (Å²) >= 11 is -2.55. The van der Waals surface area contributed by atoms with Gasteiger partial charge in [-0.15, -0.1) is 0 Å². The molecular weight excluding hydrogens is 457 g/mol. The van der Waals surface area contributed by atoms with Gasteiger partial charge in [-0.1, -0.05) is 0 Å². The molecule has 0 bridgehead atoms. The summed E-state index contributed by atoms with van der Waals surface area (Å²) in [6, 6.07) is 15.5. The van der Waals surface area contributed by atoms with Crippen molar-refractivity contribution in [1.82, 2.24) is 0 Å². The van der Waals surface area contributed by atoms with E-state index in [9.17, 15) is 4.79 Å². The molecule has 2 aromatic rings. The van der Waals surface area contributed by atoms with Crippen molar-refractivity contribution in [2.75, 3.05) is 7.11 Å². The van der Waals surface area contributed by atoms with Crippen molar-refractivity contribution >= 4 is 41.4 Å². The molecule has 0 amide bonds. The molecule has 98 valence electrons. The summed E-state index contributed by atoms with van der Waals surface area (Å²) in [5.41, 5.74) is 0.756. The SMILES string of the molecule is COc1cc[c]([Bi]([Cl])[c]2ccccc2C(C)=O)cc1. The molecule has 0 N–H and O–H groups in total. The van der Waals surface area contributed by atoms with Gasteiger partial charge >= 0.3 is 125 Å². The van der Waals surface area contributed by atoms with Crippen LogP contribution in [-0.2, 0) is 0 Å². The average Bonchev–Trinajstić information content (AvgIpc) is 2.46. The van der Waals surface area contributed by atoms with E-state index in [1.54, 1.807) is 14.0 Å². The average molecular weight is 471 g/mol. The molecule has 0 aliphatic heterocycles. The second-order valence-electron chi connectivity index (χ2n) is 4.05. The van der Waals surface area contributed by atoms with Crippen LogP contribution < -0.4 is 11.3 Å². The Labute approximate surface area is 124 Å². The van der Waals surface area contributed by atoms with Gasteiger partial charge in [0.25, 0.3) is 0 Å². The fourth-order valence-corrected chi connectivity index (χ4v) is 9.32. The monoisotopic (exact) mass is 470 g/mol. The van der Waals surface area contributed by atoms with E-state index < -0.39 is 20.6 Å². The number of ether oxygens (including phenoxy) is 1. The van der Waals surface area contributed by atoms with E-state index in [-0.39, 0.29) is 5.78 Å². The number of rotatable bonds is 4. The summed E-state index contributed by atoms with van der Waals surface area (Å²) in [5.74, 6) is 0.891. The van der Waals surface area contributed by atoms with Gasteiger partial charge in [-0.2, -0.15) is 0 Å². The van der Waals surface area contributed by atoms with Gasteiger partial charge in [0.15, 0.2) is 0 Å². The fourth-order valence-electron chi connectivity index (χ4n) is 1.79. The topological polar surface area (TPSA) is 26.3 Å². The number of hydrogen-bond acceptors (Lipinski definition) is 2. The standard InChI is InChI=1S/C8H7O.C7H7O.Bi.ClH/c1-7(9)8-5-3-2-4-6-8;1-8-7-5-3-2-4-6-7;;/h2-5H,1H3;3-6H,1H3;;1H/q;;+1;/p-1. The van der Waals surface area contributed by atoms with E-state index in [1.165, 1.54) is 0 Å². The molecule has 0 atom stereocenters. The zero-order valence-electron chi connectivity index (χ0n) is 10.8. The first kappa shape index (κ1) is 14.5. The quantitative estimate of drug-likeness (QED) is 0.506. The third-order valence-corrected chi connectivity index (χ3v) is 12.2. The molecule has 0 saturated heterocycles. The molecule has 0 spiro atoms. The molecule has 0 aromatic heterocycles. The maximum absolute atomic E-state index is 11.7. The summed E-state index contributed by atoms with van der Waals surface area (Å²) in [6.07, 6.45) is 0. The van der Waals surface area contributed by atoms with E-state index in [1.807, 2.05) is 48.5 Å². The first-order valence-corrected chi connectivity index (χ1v) is 13.6. The van der Waals surface area contributed by atoms with Crippen molar-refractivity contribution in [2.24, 2.45) is 0 Å². The van der Waals surface area contributed by atoms with Crippen LogP contribution in [0.3, 0.4) is 0 Å². The van der Waals surface area contributed by atoms with Gasteiger partial charge in [0.1, 0.15) is 0 Å². The maximum atomic E-state index is 11.7. The molecule has 4 heteroatoms. The van der Waals surface area contributed by atoms with Crippen LogP contribution >= 0.6 is 8.51 Å². The predicted molar refractivity (Wildman–Crippen MR) is 80.3 cm³/mol. The van der Waals surface area contributed by atoms with Crippen molar-refractivity contribution < 1.29 is 9.53 Å². The van der Waals surface area contributed by atoms with Crippen LogP contribution in [0.4, 0.5) is 0 Å². The predicted octanol–water partition coefficient (Wildman–Crippen LogP) is 2.24. The summed E-state index contributed by atoms with van der Waals surface area (Å²) in [6.45, 7) is 1.58. The minimum atomic E-state index is -2.55. The number of carbonyl (C=O) groups excluding carboxylic acids is 1. The van der Waals surface area contributed by atoms with Crippen molar-refractivity contribution in [3.05, 3.63) is 54.1 Å². The van der Waals surface area contributed by atoms with Crippen LogP contribution in [-0.4, -0.2) is 33.5 Å². The van der Waals surface area contributed by atoms with Gasteiger partial charge in [-0.25, -0.2) is 0 Å².